The number of esters is 1. The van der Waals surface area contributed by atoms with Gasteiger partial charge in [0.2, 0.25) is 0 Å². The summed E-state index contributed by atoms with van der Waals surface area (Å²) in [6.07, 6.45) is 6.30. The fraction of sp³-hybridized carbons (Fsp3) is 0.342. The number of hydrogen-bond acceptors (Lipinski definition) is 11. The molecular weight excluding hydrogens is 678 g/mol. The summed E-state index contributed by atoms with van der Waals surface area (Å²) in [7, 11) is 1.96. The number of benzene rings is 2. The maximum atomic E-state index is 15.6. The Labute approximate surface area is 305 Å². The smallest absolute Gasteiger partial charge is 0.302 e. The van der Waals surface area contributed by atoms with Crippen molar-refractivity contribution in [1.29, 1.82) is 0 Å². The van der Waals surface area contributed by atoms with Crippen LogP contribution in [0.4, 0.5) is 21.6 Å². The average Bonchev–Trinajstić information content (AvgIpc) is 3.38. The molecule has 272 valence electrons. The summed E-state index contributed by atoms with van der Waals surface area (Å²) in [5.41, 5.74) is 1.93. The van der Waals surface area contributed by atoms with Crippen LogP contribution in [0.3, 0.4) is 0 Å². The van der Waals surface area contributed by atoms with Crippen molar-refractivity contribution in [2.75, 3.05) is 23.3 Å². The minimum absolute atomic E-state index is 0.116. The zero-order valence-electron chi connectivity index (χ0n) is 30.3. The van der Waals surface area contributed by atoms with Gasteiger partial charge < -0.3 is 24.6 Å². The van der Waals surface area contributed by atoms with Gasteiger partial charge in [-0.3, -0.25) is 14.4 Å². The van der Waals surface area contributed by atoms with Crippen molar-refractivity contribution < 1.29 is 18.7 Å². The lowest BCUT2D eigenvalue weighted by atomic mass is 9.86. The van der Waals surface area contributed by atoms with Crippen molar-refractivity contribution in [3.05, 3.63) is 98.6 Å². The normalized spacial score (nSPS) is 17.2. The van der Waals surface area contributed by atoms with Crippen LogP contribution >= 0.6 is 0 Å². The molecule has 2 bridgehead atoms. The Morgan fingerprint density at radius 1 is 1.06 bits per heavy atom. The molecule has 5 heterocycles. The monoisotopic (exact) mass is 718 g/mol. The molecule has 53 heavy (non-hydrogen) atoms. The van der Waals surface area contributed by atoms with Crippen LogP contribution in [0.15, 0.2) is 70.5 Å². The number of pyridine rings is 1. The largest absolute Gasteiger partial charge is 0.461 e. The number of nitrogens with one attached hydrogen (secondary N) is 1. The highest BCUT2D eigenvalue weighted by molar-refractivity contribution is 6.64. The van der Waals surface area contributed by atoms with E-state index >= 15 is 4.39 Å². The van der Waals surface area contributed by atoms with Crippen molar-refractivity contribution in [3.8, 4) is 16.9 Å². The Morgan fingerprint density at radius 3 is 2.47 bits per heavy atom. The van der Waals surface area contributed by atoms with Crippen LogP contribution in [0.2, 0.25) is 0 Å². The summed E-state index contributed by atoms with van der Waals surface area (Å²) in [6, 6.07) is 14.2. The third-order valence-electron chi connectivity index (χ3n) is 10.0. The number of piperazine rings is 1. The summed E-state index contributed by atoms with van der Waals surface area (Å²) in [6.45, 7) is 8.55. The van der Waals surface area contributed by atoms with Gasteiger partial charge in [-0.1, -0.05) is 32.9 Å². The van der Waals surface area contributed by atoms with E-state index in [0.29, 0.717) is 47.5 Å². The lowest BCUT2D eigenvalue weighted by molar-refractivity contribution is -0.142. The number of hydrogen-bond donors (Lipinski definition) is 1. The SMILES string of the molecule is CC(=O)OCc1c(-c2cc(Nc3ccc(N4C5CCC4CN(BC=O)C5)cn3)c(=O)n(C)n2)cccc1-n1ncc2cc(C(C)(C)C)cc(F)c2c1=O. The zero-order valence-corrected chi connectivity index (χ0v) is 30.3. The highest BCUT2D eigenvalue weighted by atomic mass is 19.1. The minimum atomic E-state index is -0.678. The molecule has 2 aliphatic heterocycles. The van der Waals surface area contributed by atoms with Crippen LogP contribution in [0.1, 0.15) is 51.7 Å². The number of anilines is 3. The molecule has 2 saturated heterocycles. The summed E-state index contributed by atoms with van der Waals surface area (Å²) < 4.78 is 23.3. The topological polar surface area (TPSA) is 145 Å². The molecule has 0 radical (unpaired) electrons. The molecule has 2 fully saturated rings. The Morgan fingerprint density at radius 2 is 1.81 bits per heavy atom. The maximum absolute atomic E-state index is 15.6. The van der Waals surface area contributed by atoms with Gasteiger partial charge in [-0.05, 0) is 60.2 Å². The van der Waals surface area contributed by atoms with Crippen molar-refractivity contribution in [3.63, 3.8) is 0 Å². The molecule has 2 unspecified atom stereocenters. The number of fused-ring (bicyclic) bond motifs is 3. The van der Waals surface area contributed by atoms with Gasteiger partial charge in [0.1, 0.15) is 23.9 Å². The van der Waals surface area contributed by atoms with Crippen molar-refractivity contribution >= 4 is 47.5 Å². The number of aryl methyl sites for hydroxylation is 1. The predicted molar refractivity (Wildman–Crippen MR) is 202 cm³/mol. The first-order chi connectivity index (χ1) is 25.3. The summed E-state index contributed by atoms with van der Waals surface area (Å²) in [5, 5.41) is 12.3. The molecule has 15 heteroatoms. The second kappa shape index (κ2) is 14.0. The van der Waals surface area contributed by atoms with E-state index in [1.54, 1.807) is 36.5 Å². The van der Waals surface area contributed by atoms with E-state index in [9.17, 15) is 19.2 Å². The van der Waals surface area contributed by atoms with Gasteiger partial charge in [-0.2, -0.15) is 14.9 Å². The third kappa shape index (κ3) is 6.96. The fourth-order valence-electron chi connectivity index (χ4n) is 7.42. The van der Waals surface area contributed by atoms with E-state index in [0.717, 1.165) is 48.0 Å². The molecule has 0 amide bonds. The minimum Gasteiger partial charge on any atom is -0.461 e. The van der Waals surface area contributed by atoms with Crippen LogP contribution < -0.4 is 21.3 Å². The van der Waals surface area contributed by atoms with Crippen LogP contribution in [0.25, 0.3) is 27.7 Å². The van der Waals surface area contributed by atoms with Crippen LogP contribution in [0, 0.1) is 5.82 Å². The van der Waals surface area contributed by atoms with Crippen molar-refractivity contribution in [1.82, 2.24) is 29.4 Å². The van der Waals surface area contributed by atoms with Crippen molar-refractivity contribution in [2.45, 2.75) is 64.6 Å². The van der Waals surface area contributed by atoms with Gasteiger partial charge >= 0.3 is 5.97 Å². The number of ether oxygens (including phenoxy) is 1. The Hall–Kier alpha value is -5.70. The highest BCUT2D eigenvalue weighted by Crippen LogP contribution is 2.35. The molecule has 0 aliphatic carbocycles. The number of halogens is 1. The standard InChI is InChI=1S/C38H40BFN8O5/c1-22(50)53-20-29-28(7-6-8-33(29)48-37(52)35-23(16-42-48)13-24(14-30(35)40)38(2,3)4)31-15-32(36(51)45(5)44-31)43-34-12-11-25(17-41-34)47-26-9-10-27(47)19-46(18-26)39-21-49/h6-8,11-17,21,26-27,39H,9-10,18-20H2,1-5H3,(H,41,43). The van der Waals surface area contributed by atoms with Gasteiger partial charge in [-0.15, -0.1) is 0 Å². The van der Waals surface area contributed by atoms with E-state index in [1.165, 1.54) is 30.9 Å². The van der Waals surface area contributed by atoms with Crippen LogP contribution in [-0.4, -0.2) is 74.1 Å². The Balaban J connectivity index is 1.24. The van der Waals surface area contributed by atoms with Gasteiger partial charge in [0.05, 0.1) is 41.0 Å². The zero-order chi connectivity index (χ0) is 37.6. The van der Waals surface area contributed by atoms with Gasteiger partial charge in [0.15, 0.2) is 0 Å². The molecule has 5 aromatic rings. The number of nitrogens with zero attached hydrogens (tertiary/aromatic N) is 7. The molecule has 2 aliphatic rings. The highest BCUT2D eigenvalue weighted by Gasteiger charge is 2.39. The summed E-state index contributed by atoms with van der Waals surface area (Å²) in [4.78, 5) is 59.5. The molecule has 3 aromatic heterocycles. The maximum Gasteiger partial charge on any atom is 0.302 e. The second-order valence-corrected chi connectivity index (χ2v) is 14.7. The number of carbonyl (C=O) groups is 2. The molecule has 13 nitrogen and oxygen atoms in total. The number of aromatic nitrogens is 5. The number of rotatable bonds is 9. The lowest BCUT2D eigenvalue weighted by Gasteiger charge is -2.42. The molecular formula is C38H40BFN8O5. The van der Waals surface area contributed by atoms with E-state index < -0.39 is 22.9 Å². The van der Waals surface area contributed by atoms with E-state index in [4.69, 9.17) is 4.74 Å². The fourth-order valence-corrected chi connectivity index (χ4v) is 7.42. The molecule has 2 atom stereocenters. The van der Waals surface area contributed by atoms with E-state index in [1.807, 2.05) is 32.9 Å². The summed E-state index contributed by atoms with van der Waals surface area (Å²) in [5.74, 6) is -0.758. The Kier molecular flexibility index (Phi) is 9.45. The van der Waals surface area contributed by atoms with Gasteiger partial charge in [0.25, 0.3) is 18.5 Å². The van der Waals surface area contributed by atoms with Crippen LogP contribution in [-0.2, 0) is 33.4 Å². The predicted octanol–water partition coefficient (Wildman–Crippen LogP) is 3.98. The summed E-state index contributed by atoms with van der Waals surface area (Å²) >= 11 is 0. The van der Waals surface area contributed by atoms with E-state index in [-0.39, 0.29) is 28.8 Å². The second-order valence-electron chi connectivity index (χ2n) is 14.7. The van der Waals surface area contributed by atoms with Gasteiger partial charge in [0, 0.05) is 55.7 Å². The first kappa shape index (κ1) is 35.7. The molecule has 0 saturated carbocycles. The van der Waals surface area contributed by atoms with E-state index in [2.05, 4.69) is 30.2 Å². The molecule has 2 aromatic carbocycles. The molecule has 0 spiro atoms. The number of carbonyl (C=O) groups excluding carboxylic acids is 2. The third-order valence-corrected chi connectivity index (χ3v) is 10.0. The average molecular weight is 719 g/mol. The Bertz CT molecular complexity index is 2340. The first-order valence-corrected chi connectivity index (χ1v) is 17.6. The first-order valence-electron chi connectivity index (χ1n) is 17.6. The molecule has 7 rings (SSSR count). The van der Waals surface area contributed by atoms with Gasteiger partial charge in [-0.25, -0.2) is 14.1 Å². The molecule has 1 N–H and O–H groups in total. The lowest BCUT2D eigenvalue weighted by Crippen LogP contribution is -2.55. The van der Waals surface area contributed by atoms with Crippen molar-refractivity contribution in [2.24, 2.45) is 7.05 Å². The quantitative estimate of drug-likeness (QED) is 0.134. The van der Waals surface area contributed by atoms with Crippen LogP contribution in [0.5, 0.6) is 0 Å².